The van der Waals surface area contributed by atoms with Crippen LogP contribution in [0, 0.1) is 6.92 Å². The molecule has 288 valence electrons. The van der Waals surface area contributed by atoms with Crippen LogP contribution in [0.3, 0.4) is 0 Å². The summed E-state index contributed by atoms with van der Waals surface area (Å²) in [6.45, 7) is 1.27. The number of halogens is 23. The maximum atomic E-state index is 14.3. The molecule has 1 N–H and O–H groups in total. The van der Waals surface area contributed by atoms with Gasteiger partial charge >= 0.3 is 65.4 Å². The second-order valence-electron chi connectivity index (χ2n) is 10.2. The standard InChI is InChI=1S/C23H13F23N2O2/c1-8-5-10(47-7-49)3-4-11(8)12(50)48-9(2)6-13(24,25)14(26,27)15(28,29)16(30,31)17(32,33)18(34,35)19(36,37)20(38,39)21(40,41)22(42,43)23(44,45)46/h3-5,9H,6H2,1-2H3,(H,48,50). The van der Waals surface area contributed by atoms with Crippen LogP contribution in [0.2, 0.25) is 0 Å². The number of hydrogen-bond acceptors (Lipinski definition) is 3. The zero-order valence-electron chi connectivity index (χ0n) is 23.5. The number of isocyanates is 1. The lowest BCUT2D eigenvalue weighted by atomic mass is 9.84. The highest BCUT2D eigenvalue weighted by molar-refractivity contribution is 5.96. The van der Waals surface area contributed by atoms with Crippen LogP contribution in [0.25, 0.3) is 0 Å². The van der Waals surface area contributed by atoms with Crippen molar-refractivity contribution in [3.63, 3.8) is 0 Å². The van der Waals surface area contributed by atoms with Crippen LogP contribution in [0.4, 0.5) is 107 Å². The molecule has 0 aromatic heterocycles. The summed E-state index contributed by atoms with van der Waals surface area (Å²) in [6, 6.07) is -0.0612. The fraction of sp³-hybridized carbons (Fsp3) is 0.652. The van der Waals surface area contributed by atoms with Crippen LogP contribution in [0.5, 0.6) is 0 Å². The van der Waals surface area contributed by atoms with Crippen LogP contribution < -0.4 is 5.32 Å². The first-order valence-electron chi connectivity index (χ1n) is 12.1. The van der Waals surface area contributed by atoms with Gasteiger partial charge in [0.25, 0.3) is 5.91 Å². The number of alkyl halides is 23. The van der Waals surface area contributed by atoms with E-state index in [1.165, 1.54) is 5.32 Å². The molecule has 0 spiro atoms. The molecule has 1 aromatic carbocycles. The van der Waals surface area contributed by atoms with Crippen LogP contribution in [0.1, 0.15) is 29.3 Å². The Morgan fingerprint density at radius 2 is 0.960 bits per heavy atom. The number of benzene rings is 1. The molecule has 0 bridgehead atoms. The SMILES string of the molecule is Cc1cc(N=C=O)ccc1C(=O)NC(C)CC(F)(F)C(F)(F)C(F)(F)C(F)(F)C(F)(F)C(F)(F)C(F)(F)C(F)(F)C(F)(F)C(F)(F)C(F)(F)F. The lowest BCUT2D eigenvalue weighted by molar-refractivity contribution is -0.478. The molecule has 0 radical (unpaired) electrons. The number of nitrogens with zero attached hydrogens (tertiary/aromatic N) is 1. The van der Waals surface area contributed by atoms with Crippen molar-refractivity contribution < 1.29 is 111 Å². The Bertz CT molecular complexity index is 1480. The molecule has 0 aliphatic rings. The second-order valence-corrected chi connectivity index (χ2v) is 10.2. The molecule has 1 unspecified atom stereocenters. The van der Waals surface area contributed by atoms with Gasteiger partial charge in [-0.15, -0.1) is 0 Å². The number of hydrogen-bond donors (Lipinski definition) is 1. The van der Waals surface area contributed by atoms with Crippen LogP contribution in [-0.2, 0) is 4.79 Å². The van der Waals surface area contributed by atoms with E-state index in [9.17, 15) is 111 Å². The summed E-state index contributed by atoms with van der Waals surface area (Å²) in [4.78, 5) is 25.6. The van der Waals surface area contributed by atoms with Gasteiger partial charge in [-0.2, -0.15) is 106 Å². The molecule has 0 aliphatic carbocycles. The third kappa shape index (κ3) is 6.30. The van der Waals surface area contributed by atoms with E-state index in [4.69, 9.17) is 0 Å². The van der Waals surface area contributed by atoms with E-state index in [0.717, 1.165) is 31.2 Å². The Labute approximate surface area is 260 Å². The van der Waals surface area contributed by atoms with Gasteiger partial charge in [-0.25, -0.2) is 4.79 Å². The first-order valence-corrected chi connectivity index (χ1v) is 12.1. The highest BCUT2D eigenvalue weighted by atomic mass is 19.4. The fourth-order valence-electron chi connectivity index (χ4n) is 3.68. The van der Waals surface area contributed by atoms with Gasteiger partial charge in [0.1, 0.15) is 0 Å². The second kappa shape index (κ2) is 12.6. The summed E-state index contributed by atoms with van der Waals surface area (Å²) in [5.74, 6) is -90.0. The van der Waals surface area contributed by atoms with Crippen molar-refractivity contribution in [3.05, 3.63) is 29.3 Å². The molecular formula is C23H13F23N2O2. The summed E-state index contributed by atoms with van der Waals surface area (Å²) in [5, 5.41) is 1.38. The third-order valence-corrected chi connectivity index (χ3v) is 6.54. The minimum atomic E-state index is -9.47. The molecule has 0 saturated heterocycles. The third-order valence-electron chi connectivity index (χ3n) is 6.54. The van der Waals surface area contributed by atoms with Crippen molar-refractivity contribution >= 4 is 17.7 Å². The van der Waals surface area contributed by atoms with E-state index in [1.807, 2.05) is 0 Å². The number of nitrogens with one attached hydrogen (secondary N) is 1. The molecule has 0 fully saturated rings. The van der Waals surface area contributed by atoms with E-state index < -0.39 is 89.3 Å². The van der Waals surface area contributed by atoms with Gasteiger partial charge in [0.05, 0.1) is 5.69 Å². The van der Waals surface area contributed by atoms with Crippen LogP contribution in [-0.4, -0.2) is 83.4 Å². The summed E-state index contributed by atoms with van der Waals surface area (Å²) < 4.78 is 312. The van der Waals surface area contributed by atoms with Gasteiger partial charge in [0, 0.05) is 18.0 Å². The molecule has 27 heteroatoms. The first-order chi connectivity index (χ1) is 21.7. The normalized spacial score (nSPS) is 15.8. The highest BCUT2D eigenvalue weighted by Crippen LogP contribution is 2.67. The summed E-state index contributed by atoms with van der Waals surface area (Å²) >= 11 is 0. The smallest absolute Gasteiger partial charge is 0.349 e. The molecule has 0 heterocycles. The molecule has 1 rings (SSSR count). The molecule has 0 aliphatic heterocycles. The largest absolute Gasteiger partial charge is 0.460 e. The average Bonchev–Trinajstić information content (AvgIpc) is 2.91. The lowest BCUT2D eigenvalue weighted by Crippen LogP contribution is -2.77. The molecule has 4 nitrogen and oxygen atoms in total. The van der Waals surface area contributed by atoms with Crippen molar-refractivity contribution in [2.24, 2.45) is 4.99 Å². The zero-order valence-corrected chi connectivity index (χ0v) is 23.5. The summed E-state index contributed by atoms with van der Waals surface area (Å²) in [6.07, 6.45) is -10.1. The molecular weight excluding hydrogens is 773 g/mol. The number of rotatable bonds is 14. The summed E-state index contributed by atoms with van der Waals surface area (Å²) in [5.41, 5.74) is -0.944. The average molecular weight is 786 g/mol. The fourth-order valence-corrected chi connectivity index (χ4v) is 3.68. The van der Waals surface area contributed by atoms with E-state index in [-0.39, 0.29) is 18.2 Å². The van der Waals surface area contributed by atoms with Crippen molar-refractivity contribution in [2.45, 2.75) is 91.7 Å². The van der Waals surface area contributed by atoms with Crippen molar-refractivity contribution in [1.29, 1.82) is 0 Å². The monoisotopic (exact) mass is 786 g/mol. The van der Waals surface area contributed by atoms with Crippen molar-refractivity contribution in [1.82, 2.24) is 5.32 Å². The van der Waals surface area contributed by atoms with E-state index >= 15 is 0 Å². The summed E-state index contributed by atoms with van der Waals surface area (Å²) in [7, 11) is 0. The van der Waals surface area contributed by atoms with Crippen LogP contribution >= 0.6 is 0 Å². The number of aliphatic imine (C=N–C) groups is 1. The Morgan fingerprint density at radius 3 is 1.28 bits per heavy atom. The molecule has 50 heavy (non-hydrogen) atoms. The van der Waals surface area contributed by atoms with E-state index in [2.05, 4.69) is 4.99 Å². The van der Waals surface area contributed by atoms with Gasteiger partial charge in [-0.05, 0) is 37.6 Å². The van der Waals surface area contributed by atoms with Crippen LogP contribution in [0.15, 0.2) is 23.2 Å². The van der Waals surface area contributed by atoms with E-state index in [1.54, 1.807) is 0 Å². The van der Waals surface area contributed by atoms with Crippen molar-refractivity contribution in [3.8, 4) is 0 Å². The Balaban J connectivity index is 3.61. The maximum absolute atomic E-state index is 14.3. The minimum absolute atomic E-state index is 0.181. The first kappa shape index (κ1) is 44.5. The van der Waals surface area contributed by atoms with Crippen molar-refractivity contribution in [2.75, 3.05) is 0 Å². The van der Waals surface area contributed by atoms with Gasteiger partial charge in [0.2, 0.25) is 6.08 Å². The Hall–Kier alpha value is -3.54. The number of carbonyl (C=O) groups excluding carboxylic acids is 2. The van der Waals surface area contributed by atoms with E-state index in [0.29, 0.717) is 0 Å². The molecule has 1 amide bonds. The zero-order chi connectivity index (χ0) is 40.3. The topological polar surface area (TPSA) is 58.5 Å². The molecule has 0 saturated carbocycles. The maximum Gasteiger partial charge on any atom is 0.460 e. The molecule has 1 atom stereocenters. The number of amides is 1. The Morgan fingerprint density at radius 1 is 0.620 bits per heavy atom. The number of carbonyl (C=O) groups is 1. The van der Waals surface area contributed by atoms with Gasteiger partial charge in [0.15, 0.2) is 0 Å². The van der Waals surface area contributed by atoms with Gasteiger partial charge < -0.3 is 5.32 Å². The minimum Gasteiger partial charge on any atom is -0.349 e. The highest BCUT2D eigenvalue weighted by Gasteiger charge is 2.98. The lowest BCUT2D eigenvalue weighted by Gasteiger charge is -2.45. The molecule has 1 aromatic rings. The van der Waals surface area contributed by atoms with Gasteiger partial charge in [-0.1, -0.05) is 0 Å². The predicted octanol–water partition coefficient (Wildman–Crippen LogP) is 9.39. The quantitative estimate of drug-likeness (QED) is 0.116. The number of aryl methyl sites for hydroxylation is 1. The Kier molecular flexibility index (Phi) is 11.2. The van der Waals surface area contributed by atoms with Gasteiger partial charge in [-0.3, -0.25) is 4.79 Å². The predicted molar refractivity (Wildman–Crippen MR) is 116 cm³/mol.